The highest BCUT2D eigenvalue weighted by atomic mass is 19.4. The highest BCUT2D eigenvalue weighted by Gasteiger charge is 2.51. The van der Waals surface area contributed by atoms with Gasteiger partial charge in [-0.3, -0.25) is 29.0 Å². The molecule has 1 saturated carbocycles. The Morgan fingerprint density at radius 1 is 0.743 bits per heavy atom. The SMILES string of the molecule is CC(C)CCOc1ccc(C(=O)N2CCC3(CC2)c2ccc(C(=O)C(F)(F)F)n2C(C)CN3C)nc1.CC(C)Oc1ccc(C(=O)N2CCC3(CC2)c2ccc(C(=O)C4(C)CC4)n2CCN3C)c(F)c1. The van der Waals surface area contributed by atoms with Gasteiger partial charge in [0.05, 0.1) is 46.9 Å². The van der Waals surface area contributed by atoms with Gasteiger partial charge < -0.3 is 28.4 Å². The quantitative estimate of drug-likeness (QED) is 0.107. The molecular weight excluding hydrogens is 907 g/mol. The fourth-order valence-electron chi connectivity index (χ4n) is 11.0. The van der Waals surface area contributed by atoms with E-state index >= 15 is 0 Å². The van der Waals surface area contributed by atoms with Crippen LogP contribution in [0.15, 0.2) is 60.8 Å². The third kappa shape index (κ3) is 9.76. The van der Waals surface area contributed by atoms with Crippen molar-refractivity contribution in [3.8, 4) is 11.5 Å². The summed E-state index contributed by atoms with van der Waals surface area (Å²) in [5, 5.41) is 0. The van der Waals surface area contributed by atoms with E-state index in [-0.39, 0.29) is 52.0 Å². The molecule has 1 aromatic carbocycles. The first-order valence-electron chi connectivity index (χ1n) is 24.7. The molecule has 1 atom stereocenters. The molecule has 70 heavy (non-hydrogen) atoms. The summed E-state index contributed by atoms with van der Waals surface area (Å²) in [5.41, 5.74) is 1.82. The number of rotatable bonds is 11. The van der Waals surface area contributed by atoms with E-state index in [4.69, 9.17) is 9.47 Å². The summed E-state index contributed by atoms with van der Waals surface area (Å²) in [6, 6.07) is 14.6. The van der Waals surface area contributed by atoms with E-state index in [1.165, 1.54) is 23.9 Å². The van der Waals surface area contributed by atoms with Crippen molar-refractivity contribution in [2.24, 2.45) is 11.3 Å². The van der Waals surface area contributed by atoms with Gasteiger partial charge >= 0.3 is 6.18 Å². The van der Waals surface area contributed by atoms with Crippen molar-refractivity contribution in [3.63, 3.8) is 0 Å². The first kappa shape index (κ1) is 50.8. The molecule has 2 spiro atoms. The minimum absolute atomic E-state index is 0.0615. The van der Waals surface area contributed by atoms with Gasteiger partial charge in [0.25, 0.3) is 17.6 Å². The number of alkyl halides is 3. The van der Waals surface area contributed by atoms with Crippen LogP contribution in [0, 0.1) is 17.2 Å². The number of fused-ring (bicyclic) bond motifs is 4. The number of pyridine rings is 1. The second-order valence-corrected chi connectivity index (χ2v) is 21.0. The van der Waals surface area contributed by atoms with Crippen LogP contribution in [0.2, 0.25) is 0 Å². The number of likely N-dealkylation sites (N-methyl/N-ethyl adjacent to an activating group) is 2. The van der Waals surface area contributed by atoms with Crippen molar-refractivity contribution in [1.82, 2.24) is 33.7 Å². The van der Waals surface area contributed by atoms with Crippen LogP contribution in [0.25, 0.3) is 0 Å². The van der Waals surface area contributed by atoms with Gasteiger partial charge in [-0.1, -0.05) is 20.8 Å². The number of carbonyl (C=O) groups excluding carboxylic acids is 4. The monoisotopic (exact) mass is 974 g/mol. The van der Waals surface area contributed by atoms with Gasteiger partial charge in [-0.25, -0.2) is 9.37 Å². The third-order valence-corrected chi connectivity index (χ3v) is 15.4. The number of carbonyl (C=O) groups is 4. The minimum atomic E-state index is -4.93. The zero-order valence-corrected chi connectivity index (χ0v) is 41.7. The van der Waals surface area contributed by atoms with Crippen LogP contribution < -0.4 is 9.47 Å². The molecule has 7 heterocycles. The molecule has 2 amide bonds. The normalized spacial score (nSPS) is 20.5. The molecule has 0 radical (unpaired) electrons. The van der Waals surface area contributed by atoms with Gasteiger partial charge in [0.15, 0.2) is 5.78 Å². The first-order valence-corrected chi connectivity index (χ1v) is 24.7. The number of aromatic nitrogens is 3. The molecule has 17 heteroatoms. The van der Waals surface area contributed by atoms with Crippen molar-refractivity contribution < 1.29 is 46.2 Å². The molecule has 3 aromatic heterocycles. The van der Waals surface area contributed by atoms with Crippen LogP contribution in [-0.2, 0) is 17.6 Å². The average molecular weight is 974 g/mol. The standard InChI is InChI=1S/C27H34FN3O3.C26H33F3N4O3/c1-18(2)34-19-5-6-20(21(28)17-19)25(33)30-13-11-27(12-14-30)23-8-7-22(24(32)26(3)9-10-26)31(23)16-15-29(27)4;1-17(2)9-14-36-19-5-6-20(30-15-19)24(35)32-12-10-25(11-13-32)22-8-7-21(23(34)26(27,28)29)33(22)18(3)16-31(25)4/h5-8,17-18H,9-16H2,1-4H3;5-8,15,17-18H,9-14,16H2,1-4H3. The molecule has 9 rings (SSSR count). The number of halogens is 4. The summed E-state index contributed by atoms with van der Waals surface area (Å²) in [5.74, 6) is -1.01. The van der Waals surface area contributed by atoms with E-state index in [9.17, 15) is 36.7 Å². The molecule has 13 nitrogen and oxygen atoms in total. The number of hydrogen-bond donors (Lipinski definition) is 0. The van der Waals surface area contributed by atoms with E-state index in [0.717, 1.165) is 50.9 Å². The third-order valence-electron chi connectivity index (χ3n) is 15.4. The highest BCUT2D eigenvalue weighted by molar-refractivity contribution is 6.01. The number of piperidine rings is 2. The van der Waals surface area contributed by atoms with Crippen LogP contribution in [0.1, 0.15) is 146 Å². The maximum absolute atomic E-state index is 14.7. The zero-order chi connectivity index (χ0) is 50.5. The van der Waals surface area contributed by atoms with Crippen molar-refractivity contribution in [3.05, 3.63) is 101 Å². The molecule has 5 aliphatic rings. The lowest BCUT2D eigenvalue weighted by Crippen LogP contribution is -2.57. The summed E-state index contributed by atoms with van der Waals surface area (Å²) < 4.78 is 69.3. The summed E-state index contributed by atoms with van der Waals surface area (Å²) in [6.45, 7) is 16.6. The number of ketones is 2. The van der Waals surface area contributed by atoms with Crippen LogP contribution in [-0.4, -0.2) is 129 Å². The maximum Gasteiger partial charge on any atom is 0.456 e. The Morgan fingerprint density at radius 3 is 1.91 bits per heavy atom. The molecule has 2 saturated heterocycles. The number of Topliss-reactive ketones (excluding diaryl/α,β-unsaturated/α-hetero) is 2. The molecule has 3 fully saturated rings. The van der Waals surface area contributed by atoms with Gasteiger partial charge in [0.2, 0.25) is 0 Å². The van der Waals surface area contributed by atoms with Gasteiger partial charge in [-0.05, 0) is 134 Å². The van der Waals surface area contributed by atoms with Crippen molar-refractivity contribution in [1.29, 1.82) is 0 Å². The molecule has 4 aliphatic heterocycles. The lowest BCUT2D eigenvalue weighted by molar-refractivity contribution is -0.0894. The van der Waals surface area contributed by atoms with Gasteiger partial charge in [-0.2, -0.15) is 13.2 Å². The van der Waals surface area contributed by atoms with E-state index in [1.54, 1.807) is 44.8 Å². The molecule has 0 bridgehead atoms. The number of amides is 2. The Labute approximate surface area is 408 Å². The Morgan fingerprint density at radius 2 is 1.34 bits per heavy atom. The van der Waals surface area contributed by atoms with Gasteiger partial charge in [0.1, 0.15) is 23.0 Å². The molecule has 4 aromatic rings. The van der Waals surface area contributed by atoms with Crippen LogP contribution in [0.4, 0.5) is 17.6 Å². The first-order chi connectivity index (χ1) is 33.1. The van der Waals surface area contributed by atoms with Crippen molar-refractivity contribution >= 4 is 23.4 Å². The van der Waals surface area contributed by atoms with E-state index in [2.05, 4.69) is 53.2 Å². The van der Waals surface area contributed by atoms with E-state index in [0.29, 0.717) is 81.0 Å². The zero-order valence-electron chi connectivity index (χ0n) is 41.7. The topological polar surface area (TPSA) is 122 Å². The van der Waals surface area contributed by atoms with Crippen molar-refractivity contribution in [2.75, 3.05) is 60.0 Å². The smallest absolute Gasteiger partial charge is 0.456 e. The predicted molar refractivity (Wildman–Crippen MR) is 256 cm³/mol. The molecule has 1 unspecified atom stereocenters. The fraction of sp³-hybridized carbons (Fsp3) is 0.566. The van der Waals surface area contributed by atoms with Crippen LogP contribution in [0.3, 0.4) is 0 Å². The minimum Gasteiger partial charge on any atom is -0.492 e. The summed E-state index contributed by atoms with van der Waals surface area (Å²) in [6.07, 6.45) is 2.02. The number of hydrogen-bond acceptors (Lipinski definition) is 9. The molecule has 0 N–H and O–H groups in total. The Hall–Kier alpha value is -5.55. The number of nitrogens with zero attached hydrogens (tertiary/aromatic N) is 7. The number of benzene rings is 1. The van der Waals surface area contributed by atoms with E-state index in [1.807, 2.05) is 33.9 Å². The summed E-state index contributed by atoms with van der Waals surface area (Å²) in [7, 11) is 4.08. The molecule has 1 aliphatic carbocycles. The number of ether oxygens (including phenoxy) is 2. The van der Waals surface area contributed by atoms with Gasteiger partial charge in [0, 0.05) is 74.7 Å². The Bertz CT molecular complexity index is 2580. The largest absolute Gasteiger partial charge is 0.492 e. The predicted octanol–water partition coefficient (Wildman–Crippen LogP) is 9.17. The number of likely N-dealkylation sites (tertiary alicyclic amines) is 2. The highest BCUT2D eigenvalue weighted by Crippen LogP contribution is 2.49. The molecular formula is C53H67F4N7O6. The second kappa shape index (κ2) is 19.6. The maximum atomic E-state index is 14.7. The lowest BCUT2D eigenvalue weighted by Gasteiger charge is -2.52. The summed E-state index contributed by atoms with van der Waals surface area (Å²) >= 11 is 0. The van der Waals surface area contributed by atoms with Crippen LogP contribution >= 0.6 is 0 Å². The molecule has 378 valence electrons. The Kier molecular flexibility index (Phi) is 14.2. The Balaban J connectivity index is 0.000000188. The van der Waals surface area contributed by atoms with Crippen LogP contribution in [0.5, 0.6) is 11.5 Å². The fourth-order valence-corrected chi connectivity index (χ4v) is 11.0. The lowest BCUT2D eigenvalue weighted by atomic mass is 9.80. The second-order valence-electron chi connectivity index (χ2n) is 21.0. The van der Waals surface area contributed by atoms with E-state index < -0.39 is 23.3 Å². The summed E-state index contributed by atoms with van der Waals surface area (Å²) in [4.78, 5) is 63.7. The van der Waals surface area contributed by atoms with Gasteiger partial charge in [-0.15, -0.1) is 0 Å². The van der Waals surface area contributed by atoms with Crippen molar-refractivity contribution in [2.45, 2.75) is 122 Å². The average Bonchev–Trinajstić information content (AvgIpc) is 3.68.